The van der Waals surface area contributed by atoms with E-state index in [1.54, 1.807) is 0 Å². The lowest BCUT2D eigenvalue weighted by Gasteiger charge is -2.22. The van der Waals surface area contributed by atoms with Crippen LogP contribution in [-0.4, -0.2) is 29.3 Å². The smallest absolute Gasteiger partial charge is 0.389 e. The lowest BCUT2D eigenvalue weighted by Crippen LogP contribution is -2.36. The van der Waals surface area contributed by atoms with Crippen molar-refractivity contribution in [2.75, 3.05) is 0 Å². The summed E-state index contributed by atoms with van der Waals surface area (Å²) in [6, 6.07) is 0. The van der Waals surface area contributed by atoms with Gasteiger partial charge in [-0.3, -0.25) is 9.59 Å². The Bertz CT molecular complexity index is 318. The molecule has 0 spiro atoms. The summed E-state index contributed by atoms with van der Waals surface area (Å²) in [6.45, 7) is 0. The predicted octanol–water partition coefficient (Wildman–Crippen LogP) is 2.47. The molecule has 20 heavy (non-hydrogen) atoms. The fraction of sp³-hybridized carbons (Fsp3) is 0.800. The lowest BCUT2D eigenvalue weighted by molar-refractivity contribution is -0.158. The van der Waals surface area contributed by atoms with Crippen LogP contribution in [0.3, 0.4) is 0 Å². The number of nitrogens with two attached hydrogens (primary N) is 1. The largest absolute Gasteiger partial charge is 0.481 e. The van der Waals surface area contributed by atoms with Crippen molar-refractivity contribution >= 4 is 11.9 Å². The first-order valence-corrected chi connectivity index (χ1v) is 5.49. The zero-order chi connectivity index (χ0) is 16.1. The van der Waals surface area contributed by atoms with Gasteiger partial charge in [-0.25, -0.2) is 0 Å². The Balaban J connectivity index is 4.88. The maximum absolute atomic E-state index is 12.0. The average Bonchev–Trinajstić information content (AvgIpc) is 2.18. The van der Waals surface area contributed by atoms with Crippen LogP contribution in [-0.2, 0) is 9.59 Å². The summed E-state index contributed by atoms with van der Waals surface area (Å²) in [4.78, 5) is 21.8. The van der Waals surface area contributed by atoms with E-state index in [1.807, 2.05) is 0 Å². The number of carboxylic acids is 1. The number of carbonyl (C=O) groups is 2. The van der Waals surface area contributed by atoms with Crippen molar-refractivity contribution in [1.82, 2.24) is 0 Å². The Morgan fingerprint density at radius 1 is 0.900 bits per heavy atom. The third-order valence-corrected chi connectivity index (χ3v) is 2.65. The van der Waals surface area contributed by atoms with Crippen molar-refractivity contribution in [2.45, 2.75) is 38.0 Å². The molecule has 3 N–H and O–H groups in total. The Labute approximate surface area is 109 Å². The first kappa shape index (κ1) is 18.5. The van der Waals surface area contributed by atoms with Crippen LogP contribution >= 0.6 is 0 Å². The molecule has 0 aliphatic rings. The number of halogens is 6. The van der Waals surface area contributed by atoms with Gasteiger partial charge < -0.3 is 10.8 Å². The summed E-state index contributed by atoms with van der Waals surface area (Å²) in [5, 5.41) is 8.76. The number of carbonyl (C=O) groups excluding carboxylic acids is 1. The van der Waals surface area contributed by atoms with Gasteiger partial charge >= 0.3 is 18.3 Å². The van der Waals surface area contributed by atoms with Crippen LogP contribution in [0, 0.1) is 11.8 Å². The maximum atomic E-state index is 12.0. The number of alkyl halides is 6. The zero-order valence-corrected chi connectivity index (χ0v) is 10.1. The molecule has 0 saturated heterocycles. The van der Waals surface area contributed by atoms with Crippen molar-refractivity contribution in [3.8, 4) is 0 Å². The van der Waals surface area contributed by atoms with Gasteiger partial charge in [0.1, 0.15) is 0 Å². The molecule has 0 rings (SSSR count). The topological polar surface area (TPSA) is 80.4 Å². The molecule has 0 radical (unpaired) electrons. The Kier molecular flexibility index (Phi) is 6.30. The number of hydrogen-bond acceptors (Lipinski definition) is 2. The van der Waals surface area contributed by atoms with Crippen LogP contribution in [0.15, 0.2) is 0 Å². The molecule has 0 fully saturated rings. The molecule has 0 aliphatic carbocycles. The average molecular weight is 309 g/mol. The number of rotatable bonds is 7. The van der Waals surface area contributed by atoms with E-state index >= 15 is 0 Å². The van der Waals surface area contributed by atoms with E-state index in [0.29, 0.717) is 0 Å². The van der Waals surface area contributed by atoms with Crippen LogP contribution < -0.4 is 5.73 Å². The standard InChI is InChI=1S/C10H13F6NO3/c11-9(12,13)3-1-5(7(17)18)6(8(19)20)2-4-10(14,15)16/h5-6H,1-4H2,(H2,17,18)(H,19,20)/t5-,6-/m1/s1. The SMILES string of the molecule is NC(=O)[C@H](CCC(F)(F)F)[C@@H](CCC(F)(F)F)C(=O)O. The maximum Gasteiger partial charge on any atom is 0.389 e. The molecule has 10 heteroatoms. The van der Waals surface area contributed by atoms with Gasteiger partial charge in [-0.1, -0.05) is 0 Å². The number of aliphatic carboxylic acids is 1. The van der Waals surface area contributed by atoms with Gasteiger partial charge in [0.2, 0.25) is 5.91 Å². The van der Waals surface area contributed by atoms with Gasteiger partial charge in [0.15, 0.2) is 0 Å². The lowest BCUT2D eigenvalue weighted by atomic mass is 9.84. The molecule has 0 aromatic heterocycles. The highest BCUT2D eigenvalue weighted by molar-refractivity contribution is 5.83. The summed E-state index contributed by atoms with van der Waals surface area (Å²) < 4.78 is 72.2. The molecule has 0 bridgehead atoms. The van der Waals surface area contributed by atoms with Crippen LogP contribution in [0.25, 0.3) is 0 Å². The first-order valence-electron chi connectivity index (χ1n) is 5.49. The van der Waals surface area contributed by atoms with Crippen molar-refractivity contribution < 1.29 is 41.0 Å². The van der Waals surface area contributed by atoms with Gasteiger partial charge in [-0.15, -0.1) is 0 Å². The van der Waals surface area contributed by atoms with Crippen LogP contribution in [0.4, 0.5) is 26.3 Å². The van der Waals surface area contributed by atoms with E-state index in [0.717, 1.165) is 0 Å². The van der Waals surface area contributed by atoms with E-state index < -0.39 is 61.7 Å². The minimum atomic E-state index is -4.67. The van der Waals surface area contributed by atoms with Crippen LogP contribution in [0.5, 0.6) is 0 Å². The molecular weight excluding hydrogens is 296 g/mol. The Hall–Kier alpha value is -1.48. The molecule has 0 aliphatic heterocycles. The summed E-state index contributed by atoms with van der Waals surface area (Å²) >= 11 is 0. The third-order valence-electron chi connectivity index (χ3n) is 2.65. The van der Waals surface area contributed by atoms with Crippen molar-refractivity contribution in [3.05, 3.63) is 0 Å². The van der Waals surface area contributed by atoms with E-state index in [9.17, 15) is 35.9 Å². The Morgan fingerprint density at radius 2 is 1.25 bits per heavy atom. The second-order valence-electron chi connectivity index (χ2n) is 4.26. The van der Waals surface area contributed by atoms with E-state index in [1.165, 1.54) is 0 Å². The molecule has 4 nitrogen and oxygen atoms in total. The molecule has 1 amide bonds. The molecule has 0 heterocycles. The number of amides is 1. The minimum Gasteiger partial charge on any atom is -0.481 e. The van der Waals surface area contributed by atoms with Gasteiger partial charge in [-0.2, -0.15) is 26.3 Å². The summed E-state index contributed by atoms with van der Waals surface area (Å²) in [7, 11) is 0. The summed E-state index contributed by atoms with van der Waals surface area (Å²) in [5.74, 6) is -6.82. The third kappa shape index (κ3) is 7.85. The van der Waals surface area contributed by atoms with Crippen molar-refractivity contribution in [2.24, 2.45) is 17.6 Å². The fourth-order valence-electron chi connectivity index (χ4n) is 1.68. The molecule has 0 unspecified atom stereocenters. The normalized spacial score (nSPS) is 15.7. The first-order chi connectivity index (χ1) is 8.83. The van der Waals surface area contributed by atoms with Gasteiger partial charge in [-0.05, 0) is 12.8 Å². The summed E-state index contributed by atoms with van der Waals surface area (Å²) in [5.41, 5.74) is 4.79. The zero-order valence-electron chi connectivity index (χ0n) is 10.1. The van der Waals surface area contributed by atoms with Crippen molar-refractivity contribution in [1.29, 1.82) is 0 Å². The minimum absolute atomic E-state index is 0.951. The molecule has 0 aromatic carbocycles. The van der Waals surface area contributed by atoms with E-state index in [-0.39, 0.29) is 0 Å². The second-order valence-corrected chi connectivity index (χ2v) is 4.26. The van der Waals surface area contributed by atoms with Crippen LogP contribution in [0.1, 0.15) is 25.7 Å². The number of primary amides is 1. The van der Waals surface area contributed by atoms with Gasteiger partial charge in [0.05, 0.1) is 11.8 Å². The highest BCUT2D eigenvalue weighted by Crippen LogP contribution is 2.32. The van der Waals surface area contributed by atoms with Gasteiger partial charge in [0.25, 0.3) is 0 Å². The highest BCUT2D eigenvalue weighted by atomic mass is 19.4. The molecule has 0 aromatic rings. The van der Waals surface area contributed by atoms with Crippen molar-refractivity contribution in [3.63, 3.8) is 0 Å². The molecular formula is C10H13F6NO3. The molecule has 0 saturated carbocycles. The number of carboxylic acid groups (broad SMARTS) is 1. The monoisotopic (exact) mass is 309 g/mol. The molecule has 118 valence electrons. The Morgan fingerprint density at radius 3 is 1.50 bits per heavy atom. The fourth-order valence-corrected chi connectivity index (χ4v) is 1.68. The predicted molar refractivity (Wildman–Crippen MR) is 54.4 cm³/mol. The van der Waals surface area contributed by atoms with Gasteiger partial charge in [0, 0.05) is 12.8 Å². The number of hydrogen-bond donors (Lipinski definition) is 2. The summed E-state index contributed by atoms with van der Waals surface area (Å²) in [6.07, 6.45) is -14.3. The highest BCUT2D eigenvalue weighted by Gasteiger charge is 2.39. The van der Waals surface area contributed by atoms with E-state index in [4.69, 9.17) is 10.8 Å². The van der Waals surface area contributed by atoms with E-state index in [2.05, 4.69) is 0 Å². The molecule has 2 atom stereocenters. The quantitative estimate of drug-likeness (QED) is 0.709. The second kappa shape index (κ2) is 6.80. The van der Waals surface area contributed by atoms with Crippen LogP contribution in [0.2, 0.25) is 0 Å².